The van der Waals surface area contributed by atoms with Crippen LogP contribution in [-0.2, 0) is 16.0 Å². The smallest absolute Gasteiger partial charge is 0.310 e. The summed E-state index contributed by atoms with van der Waals surface area (Å²) < 4.78 is 4.79. The summed E-state index contributed by atoms with van der Waals surface area (Å²) >= 11 is 11.8. The SMILES string of the molecule is CCOC(=O)Cc1c(Cl)ccc(C#N)c1Cl. The standard InChI is InChI=1S/C11H9Cl2NO2/c1-2-16-10(15)5-8-9(12)4-3-7(6-14)11(8)13/h3-4H,2,5H2,1H3. The minimum Gasteiger partial charge on any atom is -0.466 e. The summed E-state index contributed by atoms with van der Waals surface area (Å²) in [6.45, 7) is 2.01. The van der Waals surface area contributed by atoms with E-state index in [2.05, 4.69) is 0 Å². The summed E-state index contributed by atoms with van der Waals surface area (Å²) in [6, 6.07) is 4.98. The monoisotopic (exact) mass is 257 g/mol. The second kappa shape index (κ2) is 5.74. The molecule has 16 heavy (non-hydrogen) atoms. The number of carbonyl (C=O) groups excluding carboxylic acids is 1. The Hall–Kier alpha value is -1.24. The molecule has 0 amide bonds. The Kier molecular flexibility index (Phi) is 4.60. The molecule has 1 rings (SSSR count). The Morgan fingerprint density at radius 1 is 1.50 bits per heavy atom. The van der Waals surface area contributed by atoms with Gasteiger partial charge in [-0.15, -0.1) is 0 Å². The van der Waals surface area contributed by atoms with Gasteiger partial charge >= 0.3 is 5.97 Å². The van der Waals surface area contributed by atoms with Crippen LogP contribution in [0.1, 0.15) is 18.1 Å². The number of benzene rings is 1. The number of nitriles is 1. The Morgan fingerprint density at radius 2 is 2.19 bits per heavy atom. The van der Waals surface area contributed by atoms with E-state index in [0.29, 0.717) is 22.8 Å². The van der Waals surface area contributed by atoms with E-state index in [1.807, 2.05) is 6.07 Å². The summed E-state index contributed by atoms with van der Waals surface area (Å²) in [6.07, 6.45) is -0.0268. The number of halogens is 2. The Labute approximate surface area is 104 Å². The molecule has 0 aliphatic heterocycles. The molecule has 0 saturated carbocycles. The van der Waals surface area contributed by atoms with Crippen molar-refractivity contribution >= 4 is 29.2 Å². The van der Waals surface area contributed by atoms with E-state index in [9.17, 15) is 4.79 Å². The molecule has 0 bridgehead atoms. The lowest BCUT2D eigenvalue weighted by atomic mass is 10.1. The maximum Gasteiger partial charge on any atom is 0.310 e. The molecule has 0 unspecified atom stereocenters. The van der Waals surface area contributed by atoms with Crippen LogP contribution in [-0.4, -0.2) is 12.6 Å². The van der Waals surface area contributed by atoms with Crippen LogP contribution in [0.5, 0.6) is 0 Å². The molecular weight excluding hydrogens is 249 g/mol. The lowest BCUT2D eigenvalue weighted by Crippen LogP contribution is -2.08. The molecule has 0 atom stereocenters. The molecule has 0 aliphatic rings. The average molecular weight is 258 g/mol. The van der Waals surface area contributed by atoms with E-state index in [4.69, 9.17) is 33.2 Å². The topological polar surface area (TPSA) is 50.1 Å². The van der Waals surface area contributed by atoms with E-state index < -0.39 is 5.97 Å². The average Bonchev–Trinajstić information content (AvgIpc) is 2.25. The lowest BCUT2D eigenvalue weighted by molar-refractivity contribution is -0.142. The molecule has 84 valence electrons. The van der Waals surface area contributed by atoms with Gasteiger partial charge in [-0.1, -0.05) is 23.2 Å². The number of carbonyl (C=O) groups is 1. The largest absolute Gasteiger partial charge is 0.466 e. The van der Waals surface area contributed by atoms with E-state index in [-0.39, 0.29) is 11.4 Å². The first kappa shape index (κ1) is 12.8. The van der Waals surface area contributed by atoms with Crippen LogP contribution in [0.4, 0.5) is 0 Å². The van der Waals surface area contributed by atoms with E-state index in [0.717, 1.165) is 0 Å². The number of hydrogen-bond donors (Lipinski definition) is 0. The molecule has 0 spiro atoms. The third-order valence-corrected chi connectivity index (χ3v) is 2.72. The number of hydrogen-bond acceptors (Lipinski definition) is 3. The molecular formula is C11H9Cl2NO2. The highest BCUT2D eigenvalue weighted by atomic mass is 35.5. The van der Waals surface area contributed by atoms with Crippen LogP contribution in [0.15, 0.2) is 12.1 Å². The number of esters is 1. The van der Waals surface area contributed by atoms with Crippen LogP contribution >= 0.6 is 23.2 Å². The van der Waals surface area contributed by atoms with Gasteiger partial charge in [0, 0.05) is 10.6 Å². The van der Waals surface area contributed by atoms with Crippen molar-refractivity contribution in [1.82, 2.24) is 0 Å². The maximum atomic E-state index is 11.3. The van der Waals surface area contributed by atoms with Gasteiger partial charge in [-0.25, -0.2) is 0 Å². The van der Waals surface area contributed by atoms with Crippen molar-refractivity contribution in [2.45, 2.75) is 13.3 Å². The zero-order chi connectivity index (χ0) is 12.1. The van der Waals surface area contributed by atoms with E-state index >= 15 is 0 Å². The Bertz CT molecular complexity index is 452. The fourth-order valence-electron chi connectivity index (χ4n) is 1.20. The molecule has 0 saturated heterocycles. The number of ether oxygens (including phenoxy) is 1. The molecule has 0 aromatic heterocycles. The van der Waals surface area contributed by atoms with Crippen molar-refractivity contribution in [3.8, 4) is 6.07 Å². The van der Waals surface area contributed by atoms with E-state index in [1.165, 1.54) is 6.07 Å². The van der Waals surface area contributed by atoms with Crippen molar-refractivity contribution in [2.75, 3.05) is 6.61 Å². The highest BCUT2D eigenvalue weighted by Crippen LogP contribution is 2.28. The summed E-state index contributed by atoms with van der Waals surface area (Å²) in [7, 11) is 0. The molecule has 1 aromatic carbocycles. The van der Waals surface area contributed by atoms with Crippen molar-refractivity contribution in [1.29, 1.82) is 5.26 Å². The fraction of sp³-hybridized carbons (Fsp3) is 0.273. The zero-order valence-corrected chi connectivity index (χ0v) is 10.1. The van der Waals surface area contributed by atoms with Crippen LogP contribution in [0, 0.1) is 11.3 Å². The minimum atomic E-state index is -0.415. The first-order chi connectivity index (χ1) is 7.60. The second-order valence-electron chi connectivity index (χ2n) is 2.98. The van der Waals surface area contributed by atoms with Crippen LogP contribution in [0.3, 0.4) is 0 Å². The summed E-state index contributed by atoms with van der Waals surface area (Å²) in [5, 5.41) is 9.35. The Balaban J connectivity index is 3.04. The highest BCUT2D eigenvalue weighted by molar-refractivity contribution is 6.37. The molecule has 0 fully saturated rings. The van der Waals surface area contributed by atoms with Gasteiger partial charge in [-0.3, -0.25) is 4.79 Å². The Morgan fingerprint density at radius 3 is 2.75 bits per heavy atom. The highest BCUT2D eigenvalue weighted by Gasteiger charge is 2.14. The minimum absolute atomic E-state index is 0.0268. The lowest BCUT2D eigenvalue weighted by Gasteiger charge is -2.07. The molecule has 0 radical (unpaired) electrons. The fourth-order valence-corrected chi connectivity index (χ4v) is 1.75. The predicted octanol–water partition coefficient (Wildman–Crippen LogP) is 2.97. The molecule has 1 aromatic rings. The van der Waals surface area contributed by atoms with Crippen molar-refractivity contribution < 1.29 is 9.53 Å². The molecule has 5 heteroatoms. The van der Waals surface area contributed by atoms with Crippen molar-refractivity contribution in [2.24, 2.45) is 0 Å². The van der Waals surface area contributed by atoms with Crippen LogP contribution in [0.25, 0.3) is 0 Å². The number of rotatable bonds is 3. The molecule has 3 nitrogen and oxygen atoms in total. The summed E-state index contributed by atoms with van der Waals surface area (Å²) in [5.74, 6) is -0.415. The molecule has 0 heterocycles. The van der Waals surface area contributed by atoms with Gasteiger partial charge in [0.2, 0.25) is 0 Å². The molecule has 0 N–H and O–H groups in total. The first-order valence-electron chi connectivity index (χ1n) is 4.62. The summed E-state index contributed by atoms with van der Waals surface area (Å²) in [5.41, 5.74) is 0.728. The van der Waals surface area contributed by atoms with Gasteiger partial charge in [0.05, 0.1) is 23.6 Å². The normalized spacial score (nSPS) is 9.62. The van der Waals surface area contributed by atoms with Crippen molar-refractivity contribution in [3.63, 3.8) is 0 Å². The second-order valence-corrected chi connectivity index (χ2v) is 3.77. The first-order valence-corrected chi connectivity index (χ1v) is 5.38. The van der Waals surface area contributed by atoms with Crippen molar-refractivity contribution in [3.05, 3.63) is 33.3 Å². The van der Waals surface area contributed by atoms with Gasteiger partial charge in [-0.05, 0) is 19.1 Å². The van der Waals surface area contributed by atoms with E-state index in [1.54, 1.807) is 13.0 Å². The summed E-state index contributed by atoms with van der Waals surface area (Å²) in [4.78, 5) is 11.3. The van der Waals surface area contributed by atoms with Gasteiger partial charge in [0.15, 0.2) is 0 Å². The van der Waals surface area contributed by atoms with Crippen LogP contribution in [0.2, 0.25) is 10.0 Å². The maximum absolute atomic E-state index is 11.3. The number of nitrogens with zero attached hydrogens (tertiary/aromatic N) is 1. The van der Waals surface area contributed by atoms with Gasteiger partial charge in [0.25, 0.3) is 0 Å². The third kappa shape index (κ3) is 2.88. The quantitative estimate of drug-likeness (QED) is 0.783. The van der Waals surface area contributed by atoms with Gasteiger partial charge < -0.3 is 4.74 Å². The third-order valence-electron chi connectivity index (χ3n) is 1.93. The van der Waals surface area contributed by atoms with Gasteiger partial charge in [-0.2, -0.15) is 5.26 Å². The predicted molar refractivity (Wildman–Crippen MR) is 61.5 cm³/mol. The molecule has 0 aliphatic carbocycles. The zero-order valence-electron chi connectivity index (χ0n) is 8.59. The van der Waals surface area contributed by atoms with Crippen LogP contribution < -0.4 is 0 Å². The van der Waals surface area contributed by atoms with Gasteiger partial charge in [0.1, 0.15) is 6.07 Å².